The molecular weight excluding hydrogens is 268 g/mol. The molecule has 2 aromatic rings. The van der Waals surface area contributed by atoms with E-state index >= 15 is 0 Å². The van der Waals surface area contributed by atoms with Gasteiger partial charge in [0.05, 0.1) is 5.69 Å². The Kier molecular flexibility index (Phi) is 3.23. The van der Waals surface area contributed by atoms with E-state index in [1.54, 1.807) is 26.0 Å². The maximum atomic E-state index is 12.2. The van der Waals surface area contributed by atoms with E-state index in [1.165, 1.54) is 13.0 Å². The number of hydrogen-bond acceptors (Lipinski definition) is 5. The van der Waals surface area contributed by atoms with Crippen molar-refractivity contribution in [2.45, 2.75) is 25.7 Å². The number of phenols is 1. The van der Waals surface area contributed by atoms with Crippen LogP contribution in [0.15, 0.2) is 27.6 Å². The molecule has 0 fully saturated rings. The highest BCUT2D eigenvalue weighted by Crippen LogP contribution is 2.30. The first kappa shape index (κ1) is 13.4. The molecule has 1 heterocycles. The maximum Gasteiger partial charge on any atom is 0.267 e. The number of rotatable bonds is 3. The summed E-state index contributed by atoms with van der Waals surface area (Å²) < 4.78 is 31.7. The van der Waals surface area contributed by atoms with Crippen molar-refractivity contribution in [1.29, 1.82) is 0 Å². The number of nitrogens with zero attached hydrogens (tertiary/aromatic N) is 1. The van der Waals surface area contributed by atoms with Gasteiger partial charge in [-0.2, -0.15) is 0 Å². The zero-order chi connectivity index (χ0) is 14.2. The van der Waals surface area contributed by atoms with Crippen molar-refractivity contribution in [2.24, 2.45) is 0 Å². The van der Waals surface area contributed by atoms with Gasteiger partial charge in [0, 0.05) is 0 Å². The van der Waals surface area contributed by atoms with Crippen LogP contribution < -0.4 is 4.72 Å². The zero-order valence-corrected chi connectivity index (χ0v) is 11.6. The highest BCUT2D eigenvalue weighted by Gasteiger charge is 2.25. The number of aryl methyl sites for hydroxylation is 3. The number of anilines is 1. The predicted molar refractivity (Wildman–Crippen MR) is 69.6 cm³/mol. The first-order valence-corrected chi connectivity index (χ1v) is 7.05. The Morgan fingerprint density at radius 1 is 1.26 bits per heavy atom. The summed E-state index contributed by atoms with van der Waals surface area (Å²) in [6, 6.07) is 4.82. The molecule has 0 bridgehead atoms. The summed E-state index contributed by atoms with van der Waals surface area (Å²) in [7, 11) is -3.84. The average molecular weight is 282 g/mol. The van der Waals surface area contributed by atoms with E-state index in [4.69, 9.17) is 4.52 Å². The van der Waals surface area contributed by atoms with Crippen LogP contribution in [0.4, 0.5) is 5.69 Å². The summed E-state index contributed by atoms with van der Waals surface area (Å²) in [5.74, 6) is 0.106. The van der Waals surface area contributed by atoms with Crippen LogP contribution in [0, 0.1) is 20.8 Å². The molecule has 7 heteroatoms. The number of sulfonamides is 1. The largest absolute Gasteiger partial charge is 0.505 e. The number of para-hydroxylation sites is 1. The number of benzene rings is 1. The molecule has 0 aliphatic carbocycles. The molecule has 102 valence electrons. The summed E-state index contributed by atoms with van der Waals surface area (Å²) in [6.45, 7) is 4.74. The maximum absolute atomic E-state index is 12.2. The fraction of sp³-hybridized carbons (Fsp3) is 0.250. The first-order chi connectivity index (χ1) is 8.83. The molecule has 0 unspecified atom stereocenters. The molecule has 19 heavy (non-hydrogen) atoms. The average Bonchev–Trinajstić information content (AvgIpc) is 2.65. The minimum absolute atomic E-state index is 0.00611. The van der Waals surface area contributed by atoms with Gasteiger partial charge in [-0.3, -0.25) is 4.72 Å². The number of hydrogen-bond donors (Lipinski definition) is 2. The van der Waals surface area contributed by atoms with Crippen LogP contribution in [0.3, 0.4) is 0 Å². The van der Waals surface area contributed by atoms with E-state index in [1.807, 2.05) is 0 Å². The van der Waals surface area contributed by atoms with Gasteiger partial charge in [0.1, 0.15) is 11.4 Å². The second kappa shape index (κ2) is 4.58. The fourth-order valence-electron chi connectivity index (χ4n) is 1.80. The molecule has 1 aromatic heterocycles. The SMILES string of the molecule is Cc1cccc(NS(=O)(=O)c2c(C)noc2C)c1O. The van der Waals surface area contributed by atoms with Crippen LogP contribution in [-0.4, -0.2) is 18.7 Å². The Hall–Kier alpha value is -2.02. The minimum atomic E-state index is -3.84. The molecule has 0 aliphatic rings. The lowest BCUT2D eigenvalue weighted by molar-refractivity contribution is 0.390. The Labute approximate surface area is 111 Å². The third-order valence-corrected chi connectivity index (χ3v) is 4.33. The van der Waals surface area contributed by atoms with Crippen molar-refractivity contribution < 1.29 is 18.0 Å². The van der Waals surface area contributed by atoms with Gasteiger partial charge < -0.3 is 9.63 Å². The van der Waals surface area contributed by atoms with Crippen LogP contribution in [0.5, 0.6) is 5.75 Å². The lowest BCUT2D eigenvalue weighted by Gasteiger charge is -2.10. The molecule has 0 radical (unpaired) electrons. The molecule has 0 saturated heterocycles. The molecule has 6 nitrogen and oxygen atoms in total. The van der Waals surface area contributed by atoms with Gasteiger partial charge in [0.25, 0.3) is 10.0 Å². The topological polar surface area (TPSA) is 92.4 Å². The van der Waals surface area contributed by atoms with E-state index < -0.39 is 10.0 Å². The summed E-state index contributed by atoms with van der Waals surface area (Å²) >= 11 is 0. The number of aromatic nitrogens is 1. The number of nitrogens with one attached hydrogen (secondary N) is 1. The van der Waals surface area contributed by atoms with Gasteiger partial charge in [-0.1, -0.05) is 17.3 Å². The molecule has 0 atom stereocenters. The first-order valence-electron chi connectivity index (χ1n) is 5.57. The van der Waals surface area contributed by atoms with Crippen molar-refractivity contribution >= 4 is 15.7 Å². The second-order valence-electron chi connectivity index (χ2n) is 4.23. The molecular formula is C12H14N2O4S. The van der Waals surface area contributed by atoms with Crippen LogP contribution >= 0.6 is 0 Å². The third-order valence-electron chi connectivity index (χ3n) is 2.72. The summed E-state index contributed by atoms with van der Waals surface area (Å²) in [6.07, 6.45) is 0. The summed E-state index contributed by atoms with van der Waals surface area (Å²) in [4.78, 5) is -0.00611. The Bertz CT molecular complexity index is 700. The van der Waals surface area contributed by atoms with Gasteiger partial charge in [-0.05, 0) is 32.4 Å². The van der Waals surface area contributed by atoms with Gasteiger partial charge in [0.15, 0.2) is 10.7 Å². The van der Waals surface area contributed by atoms with Crippen molar-refractivity contribution in [3.63, 3.8) is 0 Å². The monoisotopic (exact) mass is 282 g/mol. The molecule has 2 rings (SSSR count). The highest BCUT2D eigenvalue weighted by molar-refractivity contribution is 7.92. The van der Waals surface area contributed by atoms with E-state index in [0.29, 0.717) is 5.56 Å². The van der Waals surface area contributed by atoms with Crippen molar-refractivity contribution in [3.8, 4) is 5.75 Å². The van der Waals surface area contributed by atoms with Crippen LogP contribution in [0.2, 0.25) is 0 Å². The van der Waals surface area contributed by atoms with Crippen molar-refractivity contribution in [2.75, 3.05) is 4.72 Å². The molecule has 2 N–H and O–H groups in total. The Balaban J connectivity index is 2.46. The van der Waals surface area contributed by atoms with E-state index in [2.05, 4.69) is 9.88 Å². The fourth-order valence-corrected chi connectivity index (χ4v) is 3.19. The molecule has 0 spiro atoms. The van der Waals surface area contributed by atoms with E-state index in [9.17, 15) is 13.5 Å². The van der Waals surface area contributed by atoms with Crippen LogP contribution in [0.1, 0.15) is 17.0 Å². The Morgan fingerprint density at radius 2 is 1.95 bits per heavy atom. The van der Waals surface area contributed by atoms with E-state index in [-0.39, 0.29) is 27.8 Å². The molecule has 0 amide bonds. The van der Waals surface area contributed by atoms with Gasteiger partial charge in [-0.25, -0.2) is 8.42 Å². The van der Waals surface area contributed by atoms with Crippen LogP contribution in [-0.2, 0) is 10.0 Å². The number of aromatic hydroxyl groups is 1. The molecule has 1 aromatic carbocycles. The standard InChI is InChI=1S/C12H14N2O4S/c1-7-5-4-6-10(11(7)15)14-19(16,17)12-8(2)13-18-9(12)3/h4-6,14-15H,1-3H3. The second-order valence-corrected chi connectivity index (χ2v) is 5.85. The smallest absolute Gasteiger partial charge is 0.267 e. The molecule has 0 aliphatic heterocycles. The van der Waals surface area contributed by atoms with Gasteiger partial charge in [0.2, 0.25) is 0 Å². The minimum Gasteiger partial charge on any atom is -0.505 e. The summed E-state index contributed by atoms with van der Waals surface area (Å²) in [5.41, 5.74) is 0.983. The van der Waals surface area contributed by atoms with Gasteiger partial charge >= 0.3 is 0 Å². The zero-order valence-electron chi connectivity index (χ0n) is 10.8. The quantitative estimate of drug-likeness (QED) is 0.841. The van der Waals surface area contributed by atoms with Gasteiger partial charge in [-0.15, -0.1) is 0 Å². The van der Waals surface area contributed by atoms with Crippen molar-refractivity contribution in [1.82, 2.24) is 5.16 Å². The lowest BCUT2D eigenvalue weighted by Crippen LogP contribution is -2.14. The predicted octanol–water partition coefficient (Wildman–Crippen LogP) is 2.11. The number of phenolic OH excluding ortho intramolecular Hbond substituents is 1. The van der Waals surface area contributed by atoms with Crippen molar-refractivity contribution in [3.05, 3.63) is 35.2 Å². The Morgan fingerprint density at radius 3 is 2.53 bits per heavy atom. The van der Waals surface area contributed by atoms with E-state index in [0.717, 1.165) is 0 Å². The van der Waals surface area contributed by atoms with Crippen LogP contribution in [0.25, 0.3) is 0 Å². The normalized spacial score (nSPS) is 11.5. The lowest BCUT2D eigenvalue weighted by atomic mass is 10.2. The highest BCUT2D eigenvalue weighted by atomic mass is 32.2. The summed E-state index contributed by atoms with van der Waals surface area (Å²) in [5, 5.41) is 13.4. The molecule has 0 saturated carbocycles. The third kappa shape index (κ3) is 2.41.